The fourth-order valence-electron chi connectivity index (χ4n) is 5.69. The van der Waals surface area contributed by atoms with Gasteiger partial charge in [0.2, 0.25) is 0 Å². The van der Waals surface area contributed by atoms with Gasteiger partial charge in [-0.15, -0.1) is 0 Å². The van der Waals surface area contributed by atoms with E-state index < -0.39 is 75.7 Å². The summed E-state index contributed by atoms with van der Waals surface area (Å²) in [4.78, 5) is 35.1. The maximum Gasteiger partial charge on any atom is 0.472 e. The molecule has 6 N–H and O–H groups in total. The topological polar surface area (TPSA) is 210 Å². The van der Waals surface area contributed by atoms with Gasteiger partial charge >= 0.3 is 19.8 Å². The van der Waals surface area contributed by atoms with Crippen molar-refractivity contribution in [2.75, 3.05) is 13.2 Å². The number of carbonyl (C=O) groups is 2. The lowest BCUT2D eigenvalue weighted by Crippen LogP contribution is -2.64. The van der Waals surface area contributed by atoms with Crippen molar-refractivity contribution in [1.82, 2.24) is 0 Å². The van der Waals surface area contributed by atoms with Gasteiger partial charge < -0.3 is 39.9 Å². The van der Waals surface area contributed by atoms with E-state index in [2.05, 4.69) is 19.1 Å². The molecule has 1 rings (SSSR count). The lowest BCUT2D eigenvalue weighted by molar-refractivity contribution is -0.220. The number of carbonyl (C=O) groups excluding carboxylic acids is 2. The molecular formula is C36H67O13P. The Labute approximate surface area is 299 Å². The average Bonchev–Trinajstić information content (AvgIpc) is 3.09. The number of phosphoric acid groups is 1. The monoisotopic (exact) mass is 738 g/mol. The molecule has 0 aromatic carbocycles. The van der Waals surface area contributed by atoms with E-state index in [9.17, 15) is 44.6 Å². The Morgan fingerprint density at radius 2 is 1.02 bits per heavy atom. The zero-order chi connectivity index (χ0) is 37.2. The summed E-state index contributed by atoms with van der Waals surface area (Å²) in [5.74, 6) is -1.12. The zero-order valence-electron chi connectivity index (χ0n) is 30.4. The van der Waals surface area contributed by atoms with E-state index in [4.69, 9.17) is 18.5 Å². The summed E-state index contributed by atoms with van der Waals surface area (Å²) in [5, 5.41) is 49.7. The molecule has 0 aliphatic heterocycles. The molecule has 13 nitrogen and oxygen atoms in total. The Morgan fingerprint density at radius 3 is 1.54 bits per heavy atom. The maximum atomic E-state index is 12.7. The standard InChI is InChI=1S/C36H67O13P/c1-3-5-7-9-10-11-12-13-14-15-16-17-18-19-20-21-23-25-30(38)48-28(26-46-29(37)24-22-8-6-4-2)27-47-50(44,45)49-36-34(42)32(40)31(39)33(41)35(36)43/h13-14,28,31-36,39-43H,3-12,15-27H2,1-2H3,(H,44,45)/b14-13-. The Morgan fingerprint density at radius 1 is 0.600 bits per heavy atom. The van der Waals surface area contributed by atoms with Crippen molar-refractivity contribution in [3.63, 3.8) is 0 Å². The summed E-state index contributed by atoms with van der Waals surface area (Å²) in [6.07, 6.45) is 12.3. The van der Waals surface area contributed by atoms with E-state index in [0.29, 0.717) is 12.8 Å². The quantitative estimate of drug-likeness (QED) is 0.0231. The molecule has 1 fully saturated rings. The highest BCUT2D eigenvalue weighted by atomic mass is 31.2. The van der Waals surface area contributed by atoms with Gasteiger partial charge in [0, 0.05) is 12.8 Å². The molecule has 0 radical (unpaired) electrons. The molecular weight excluding hydrogens is 671 g/mol. The molecule has 1 aliphatic rings. The lowest BCUT2D eigenvalue weighted by Gasteiger charge is -2.41. The smallest absolute Gasteiger partial charge is 0.462 e. The van der Waals surface area contributed by atoms with Gasteiger partial charge in [-0.1, -0.05) is 109 Å². The first kappa shape index (κ1) is 46.6. The number of aliphatic hydroxyl groups is 5. The number of hydrogen-bond donors (Lipinski definition) is 6. The van der Waals surface area contributed by atoms with Crippen LogP contribution in [0.15, 0.2) is 12.2 Å². The van der Waals surface area contributed by atoms with Crippen molar-refractivity contribution < 1.29 is 63.1 Å². The van der Waals surface area contributed by atoms with Gasteiger partial charge in [-0.25, -0.2) is 4.57 Å². The van der Waals surface area contributed by atoms with Crippen molar-refractivity contribution in [3.8, 4) is 0 Å². The van der Waals surface area contributed by atoms with Crippen LogP contribution in [0.5, 0.6) is 0 Å². The second kappa shape index (κ2) is 28.1. The first-order valence-electron chi connectivity index (χ1n) is 19.0. The predicted molar refractivity (Wildman–Crippen MR) is 189 cm³/mol. The minimum Gasteiger partial charge on any atom is -0.462 e. The van der Waals surface area contributed by atoms with Gasteiger partial charge in [0.15, 0.2) is 6.10 Å². The summed E-state index contributed by atoms with van der Waals surface area (Å²) >= 11 is 0. The first-order chi connectivity index (χ1) is 23.9. The number of allylic oxidation sites excluding steroid dienone is 2. The van der Waals surface area contributed by atoms with Gasteiger partial charge in [0.05, 0.1) is 6.61 Å². The van der Waals surface area contributed by atoms with Gasteiger partial charge in [-0.2, -0.15) is 0 Å². The van der Waals surface area contributed by atoms with Crippen molar-refractivity contribution >= 4 is 19.8 Å². The average molecular weight is 739 g/mol. The van der Waals surface area contributed by atoms with Crippen LogP contribution in [0, 0.1) is 0 Å². The SMILES string of the molecule is CCCCCCCC/C=C\CCCCCCCCCC(=O)OC(COC(=O)CCCCCC)COP(=O)(O)OC1C(O)C(O)C(O)C(O)C1O. The molecule has 294 valence electrons. The van der Waals surface area contributed by atoms with Crippen LogP contribution in [0.3, 0.4) is 0 Å². The highest BCUT2D eigenvalue weighted by molar-refractivity contribution is 7.47. The summed E-state index contributed by atoms with van der Waals surface area (Å²) < 4.78 is 33.0. The van der Waals surface area contributed by atoms with Crippen LogP contribution in [0.2, 0.25) is 0 Å². The minimum atomic E-state index is -5.09. The van der Waals surface area contributed by atoms with Crippen LogP contribution in [0.4, 0.5) is 0 Å². The van der Waals surface area contributed by atoms with Crippen LogP contribution in [0.25, 0.3) is 0 Å². The molecule has 0 saturated heterocycles. The van der Waals surface area contributed by atoms with Crippen LogP contribution < -0.4 is 0 Å². The highest BCUT2D eigenvalue weighted by Crippen LogP contribution is 2.47. The van der Waals surface area contributed by atoms with Crippen LogP contribution >= 0.6 is 7.82 Å². The lowest BCUT2D eigenvalue weighted by atomic mass is 9.85. The summed E-state index contributed by atoms with van der Waals surface area (Å²) in [6, 6.07) is 0. The molecule has 6 unspecified atom stereocenters. The van der Waals surface area contributed by atoms with Gasteiger partial charge in [-0.05, 0) is 38.5 Å². The summed E-state index contributed by atoms with van der Waals surface area (Å²) in [7, 11) is -5.09. The molecule has 0 bridgehead atoms. The molecule has 1 saturated carbocycles. The van der Waals surface area contributed by atoms with Crippen molar-refractivity contribution in [3.05, 3.63) is 12.2 Å². The predicted octanol–water partition coefficient (Wildman–Crippen LogP) is 5.55. The number of unbranched alkanes of at least 4 members (excludes halogenated alkanes) is 16. The normalized spacial score (nSPS) is 24.2. The van der Waals surface area contributed by atoms with Crippen LogP contribution in [-0.2, 0) is 32.7 Å². The first-order valence-corrected chi connectivity index (χ1v) is 20.5. The number of ether oxygens (including phenoxy) is 2. The van der Waals surface area contributed by atoms with E-state index in [-0.39, 0.29) is 12.8 Å². The van der Waals surface area contributed by atoms with Crippen LogP contribution in [-0.4, -0.2) is 98.3 Å². The van der Waals surface area contributed by atoms with E-state index in [1.54, 1.807) is 0 Å². The van der Waals surface area contributed by atoms with Gasteiger partial charge in [0.1, 0.15) is 43.2 Å². The van der Waals surface area contributed by atoms with E-state index in [1.807, 2.05) is 6.92 Å². The number of phosphoric ester groups is 1. The Bertz CT molecular complexity index is 948. The molecule has 6 atom stereocenters. The van der Waals surface area contributed by atoms with Crippen molar-refractivity contribution in [2.24, 2.45) is 0 Å². The number of hydrogen-bond acceptors (Lipinski definition) is 12. The molecule has 0 amide bonds. The Balaban J connectivity index is 2.43. The van der Waals surface area contributed by atoms with E-state index in [0.717, 1.165) is 51.4 Å². The summed E-state index contributed by atoms with van der Waals surface area (Å²) in [5.41, 5.74) is 0. The third-order valence-corrected chi connectivity index (χ3v) is 9.84. The Hall–Kier alpha value is -1.41. The number of esters is 2. The third-order valence-electron chi connectivity index (χ3n) is 8.86. The third kappa shape index (κ3) is 21.2. The molecule has 1 aliphatic carbocycles. The number of aliphatic hydroxyl groups excluding tert-OH is 5. The maximum absolute atomic E-state index is 12.7. The largest absolute Gasteiger partial charge is 0.472 e. The molecule has 50 heavy (non-hydrogen) atoms. The van der Waals surface area contributed by atoms with E-state index in [1.165, 1.54) is 57.8 Å². The highest BCUT2D eigenvalue weighted by Gasteiger charge is 2.51. The Kier molecular flexibility index (Phi) is 26.2. The molecule has 0 aromatic heterocycles. The van der Waals surface area contributed by atoms with Crippen molar-refractivity contribution in [1.29, 1.82) is 0 Å². The second-order valence-corrected chi connectivity index (χ2v) is 14.8. The minimum absolute atomic E-state index is 0.0940. The van der Waals surface area contributed by atoms with Gasteiger partial charge in [-0.3, -0.25) is 18.6 Å². The van der Waals surface area contributed by atoms with Crippen molar-refractivity contribution in [2.45, 2.75) is 191 Å². The number of rotatable bonds is 30. The summed E-state index contributed by atoms with van der Waals surface area (Å²) in [6.45, 7) is 3.11. The second-order valence-electron chi connectivity index (χ2n) is 13.4. The zero-order valence-corrected chi connectivity index (χ0v) is 31.3. The molecule has 14 heteroatoms. The van der Waals surface area contributed by atoms with Gasteiger partial charge in [0.25, 0.3) is 0 Å². The van der Waals surface area contributed by atoms with Crippen LogP contribution in [0.1, 0.15) is 149 Å². The molecule has 0 spiro atoms. The van der Waals surface area contributed by atoms with E-state index >= 15 is 0 Å². The molecule has 0 aromatic rings. The molecule has 0 heterocycles. The fraction of sp³-hybridized carbons (Fsp3) is 0.889. The fourth-order valence-corrected chi connectivity index (χ4v) is 6.66.